The minimum Gasteiger partial charge on any atom is -0.478 e. The second-order valence-electron chi connectivity index (χ2n) is 5.23. The molecular weight excluding hydrogens is 270 g/mol. The van der Waals surface area contributed by atoms with Gasteiger partial charge in [-0.25, -0.2) is 9.78 Å². The third-order valence-electron chi connectivity index (χ3n) is 3.33. The highest BCUT2D eigenvalue weighted by molar-refractivity contribution is 5.92. The zero-order chi connectivity index (χ0) is 15.4. The second-order valence-corrected chi connectivity index (χ2v) is 5.23. The van der Waals surface area contributed by atoms with E-state index in [0.717, 1.165) is 17.9 Å². The first-order valence-electron chi connectivity index (χ1n) is 6.91. The van der Waals surface area contributed by atoms with Crippen molar-refractivity contribution in [2.75, 3.05) is 33.9 Å². The molecule has 0 radical (unpaired) electrons. The van der Waals surface area contributed by atoms with Gasteiger partial charge in [0.1, 0.15) is 5.82 Å². The zero-order valence-corrected chi connectivity index (χ0v) is 12.7. The molecule has 0 bridgehead atoms. The molecule has 0 atom stereocenters. The highest BCUT2D eigenvalue weighted by Crippen LogP contribution is 2.17. The second kappa shape index (κ2) is 6.69. The summed E-state index contributed by atoms with van der Waals surface area (Å²) in [5.74, 6) is -0.0696. The van der Waals surface area contributed by atoms with E-state index in [9.17, 15) is 4.79 Å². The molecule has 6 heteroatoms. The summed E-state index contributed by atoms with van der Waals surface area (Å²) in [6, 6.07) is 5.02. The van der Waals surface area contributed by atoms with E-state index in [4.69, 9.17) is 9.84 Å². The van der Waals surface area contributed by atoms with Gasteiger partial charge < -0.3 is 19.3 Å². The Labute approximate surface area is 124 Å². The standard InChI is InChI=1S/C15H21N3O3/c1-11-16-13-10-12(15(19)20)4-5-14(13)18(11)7-9-21-8-6-17(2)3/h4-5,10H,6-9H2,1-3H3,(H,19,20). The number of rotatable bonds is 7. The molecule has 1 heterocycles. The number of hydrogen-bond donors (Lipinski definition) is 1. The van der Waals surface area contributed by atoms with Crippen molar-refractivity contribution in [1.29, 1.82) is 0 Å². The molecule has 6 nitrogen and oxygen atoms in total. The fraction of sp³-hybridized carbons (Fsp3) is 0.467. The number of fused-ring (bicyclic) bond motifs is 1. The van der Waals surface area contributed by atoms with E-state index >= 15 is 0 Å². The van der Waals surface area contributed by atoms with Crippen LogP contribution in [0.2, 0.25) is 0 Å². The molecule has 0 aliphatic heterocycles. The number of nitrogens with zero attached hydrogens (tertiary/aromatic N) is 3. The lowest BCUT2D eigenvalue weighted by atomic mass is 10.2. The van der Waals surface area contributed by atoms with Gasteiger partial charge in [-0.2, -0.15) is 0 Å². The van der Waals surface area contributed by atoms with Gasteiger partial charge in [0.05, 0.1) is 29.8 Å². The maximum Gasteiger partial charge on any atom is 0.335 e. The lowest BCUT2D eigenvalue weighted by molar-refractivity contribution is 0.0697. The number of aromatic carboxylic acids is 1. The number of aryl methyl sites for hydroxylation is 1. The SMILES string of the molecule is Cc1nc2cc(C(=O)O)ccc2n1CCOCCN(C)C. The largest absolute Gasteiger partial charge is 0.478 e. The Bertz CT molecular complexity index is 634. The van der Waals surface area contributed by atoms with Crippen molar-refractivity contribution in [3.63, 3.8) is 0 Å². The van der Waals surface area contributed by atoms with E-state index in [-0.39, 0.29) is 5.56 Å². The first-order valence-corrected chi connectivity index (χ1v) is 6.91. The average molecular weight is 291 g/mol. The van der Waals surface area contributed by atoms with Crippen LogP contribution >= 0.6 is 0 Å². The Morgan fingerprint density at radius 2 is 2.14 bits per heavy atom. The molecule has 0 aliphatic rings. The van der Waals surface area contributed by atoms with Crippen LogP contribution in [0, 0.1) is 6.92 Å². The highest BCUT2D eigenvalue weighted by Gasteiger charge is 2.10. The van der Waals surface area contributed by atoms with Gasteiger partial charge in [-0.05, 0) is 39.2 Å². The molecule has 1 aromatic heterocycles. The molecule has 0 fully saturated rings. The molecule has 0 amide bonds. The lowest BCUT2D eigenvalue weighted by Crippen LogP contribution is -2.19. The number of hydrogen-bond acceptors (Lipinski definition) is 4. The summed E-state index contributed by atoms with van der Waals surface area (Å²) in [6.45, 7) is 4.83. The van der Waals surface area contributed by atoms with Crippen LogP contribution in [-0.2, 0) is 11.3 Å². The van der Waals surface area contributed by atoms with Crippen molar-refractivity contribution in [1.82, 2.24) is 14.5 Å². The van der Waals surface area contributed by atoms with E-state index in [1.54, 1.807) is 18.2 Å². The molecule has 0 saturated heterocycles. The number of carbonyl (C=O) groups is 1. The van der Waals surface area contributed by atoms with Crippen molar-refractivity contribution in [2.24, 2.45) is 0 Å². The highest BCUT2D eigenvalue weighted by atomic mass is 16.5. The van der Waals surface area contributed by atoms with Crippen LogP contribution in [-0.4, -0.2) is 59.4 Å². The van der Waals surface area contributed by atoms with Gasteiger partial charge in [0, 0.05) is 13.1 Å². The molecule has 0 unspecified atom stereocenters. The van der Waals surface area contributed by atoms with Crippen LogP contribution in [0.1, 0.15) is 16.2 Å². The predicted molar refractivity (Wildman–Crippen MR) is 80.8 cm³/mol. The van der Waals surface area contributed by atoms with Crippen LogP contribution in [0.15, 0.2) is 18.2 Å². The lowest BCUT2D eigenvalue weighted by Gasteiger charge is -2.11. The van der Waals surface area contributed by atoms with E-state index in [0.29, 0.717) is 25.3 Å². The van der Waals surface area contributed by atoms with Gasteiger partial charge in [0.25, 0.3) is 0 Å². The van der Waals surface area contributed by atoms with Crippen LogP contribution in [0.4, 0.5) is 0 Å². The molecule has 114 valence electrons. The number of carboxylic acids is 1. The van der Waals surface area contributed by atoms with Crippen LogP contribution in [0.25, 0.3) is 11.0 Å². The van der Waals surface area contributed by atoms with Crippen molar-refractivity contribution in [3.8, 4) is 0 Å². The summed E-state index contributed by atoms with van der Waals surface area (Å²) in [5, 5.41) is 9.01. The summed E-state index contributed by atoms with van der Waals surface area (Å²) < 4.78 is 7.65. The summed E-state index contributed by atoms with van der Waals surface area (Å²) in [7, 11) is 4.02. The van der Waals surface area contributed by atoms with Crippen LogP contribution in [0.5, 0.6) is 0 Å². The van der Waals surface area contributed by atoms with Gasteiger partial charge in [-0.15, -0.1) is 0 Å². The topological polar surface area (TPSA) is 67.6 Å². The first kappa shape index (κ1) is 15.5. The van der Waals surface area contributed by atoms with Gasteiger partial charge >= 0.3 is 5.97 Å². The van der Waals surface area contributed by atoms with E-state index < -0.39 is 5.97 Å². The summed E-state index contributed by atoms with van der Waals surface area (Å²) in [4.78, 5) is 17.5. The number of carboxylic acid groups (broad SMARTS) is 1. The molecule has 21 heavy (non-hydrogen) atoms. The number of benzene rings is 1. The Morgan fingerprint density at radius 3 is 2.81 bits per heavy atom. The Kier molecular flexibility index (Phi) is 4.93. The number of aromatic nitrogens is 2. The van der Waals surface area contributed by atoms with Crippen molar-refractivity contribution >= 4 is 17.0 Å². The third kappa shape index (κ3) is 3.80. The molecule has 2 aromatic rings. The smallest absolute Gasteiger partial charge is 0.335 e. The Hall–Kier alpha value is -1.92. The normalized spacial score (nSPS) is 11.4. The molecular formula is C15H21N3O3. The maximum atomic E-state index is 11.0. The molecule has 0 saturated carbocycles. The van der Waals surface area contributed by atoms with E-state index in [1.807, 2.05) is 21.0 Å². The fourth-order valence-electron chi connectivity index (χ4n) is 2.17. The zero-order valence-electron chi connectivity index (χ0n) is 12.7. The summed E-state index contributed by atoms with van der Waals surface area (Å²) in [6.07, 6.45) is 0. The van der Waals surface area contributed by atoms with Crippen LogP contribution in [0.3, 0.4) is 0 Å². The molecule has 1 aromatic carbocycles. The number of imidazole rings is 1. The fourth-order valence-corrected chi connectivity index (χ4v) is 2.17. The quantitative estimate of drug-likeness (QED) is 0.785. The Morgan fingerprint density at radius 1 is 1.38 bits per heavy atom. The predicted octanol–water partition coefficient (Wildman–Crippen LogP) is 1.62. The molecule has 1 N–H and O–H groups in total. The summed E-state index contributed by atoms with van der Waals surface area (Å²) in [5.41, 5.74) is 1.91. The average Bonchev–Trinajstić information content (AvgIpc) is 2.73. The molecule has 0 aliphatic carbocycles. The van der Waals surface area contributed by atoms with Gasteiger partial charge in [0.15, 0.2) is 0 Å². The van der Waals surface area contributed by atoms with Gasteiger partial charge in [-0.1, -0.05) is 0 Å². The first-order chi connectivity index (χ1) is 9.99. The van der Waals surface area contributed by atoms with E-state index in [2.05, 4.69) is 14.5 Å². The maximum absolute atomic E-state index is 11.0. The van der Waals surface area contributed by atoms with Crippen molar-refractivity contribution < 1.29 is 14.6 Å². The third-order valence-corrected chi connectivity index (χ3v) is 3.33. The van der Waals surface area contributed by atoms with Gasteiger partial charge in [0.2, 0.25) is 0 Å². The monoisotopic (exact) mass is 291 g/mol. The Balaban J connectivity index is 2.06. The number of ether oxygens (including phenoxy) is 1. The minimum absolute atomic E-state index is 0.259. The van der Waals surface area contributed by atoms with Crippen molar-refractivity contribution in [2.45, 2.75) is 13.5 Å². The minimum atomic E-state index is -0.934. The van der Waals surface area contributed by atoms with Crippen LogP contribution < -0.4 is 0 Å². The van der Waals surface area contributed by atoms with Gasteiger partial charge in [-0.3, -0.25) is 0 Å². The molecule has 2 rings (SSSR count). The summed E-state index contributed by atoms with van der Waals surface area (Å²) >= 11 is 0. The van der Waals surface area contributed by atoms with Crippen molar-refractivity contribution in [3.05, 3.63) is 29.6 Å². The number of likely N-dealkylation sites (N-methyl/N-ethyl adjacent to an activating group) is 1. The van der Waals surface area contributed by atoms with E-state index in [1.165, 1.54) is 0 Å². The molecule has 0 spiro atoms.